The Morgan fingerprint density at radius 2 is 1.55 bits per heavy atom. The van der Waals surface area contributed by atoms with Gasteiger partial charge in [-0.05, 0) is 87.0 Å². The summed E-state index contributed by atoms with van der Waals surface area (Å²) in [6, 6.07) is 33.3. The van der Waals surface area contributed by atoms with Crippen molar-refractivity contribution in [2.24, 2.45) is 0 Å². The van der Waals surface area contributed by atoms with E-state index in [0.717, 1.165) is 71.5 Å². The predicted octanol–water partition coefficient (Wildman–Crippen LogP) is 7.87. The normalized spacial score (nSPS) is 14.6. The van der Waals surface area contributed by atoms with Crippen LogP contribution in [-0.2, 0) is 32.6 Å². The molecule has 3 aromatic carbocycles. The first-order chi connectivity index (χ1) is 28.2. The number of carbonyl (C=O) groups excluding carboxylic acids is 2. The van der Waals surface area contributed by atoms with Gasteiger partial charge in [-0.3, -0.25) is 14.5 Å². The lowest BCUT2D eigenvalue weighted by molar-refractivity contribution is -0.142. The van der Waals surface area contributed by atoms with Gasteiger partial charge < -0.3 is 24.1 Å². The van der Waals surface area contributed by atoms with Crippen molar-refractivity contribution in [1.29, 1.82) is 0 Å². The molecule has 10 nitrogen and oxygen atoms in total. The molecule has 7 rings (SSSR count). The first-order valence-corrected chi connectivity index (χ1v) is 20.3. The molecule has 0 saturated carbocycles. The summed E-state index contributed by atoms with van der Waals surface area (Å²) in [4.78, 5) is 38.0. The van der Waals surface area contributed by atoms with Gasteiger partial charge in [0.1, 0.15) is 29.2 Å². The zero-order valence-electron chi connectivity index (χ0n) is 33.6. The molecule has 0 radical (unpaired) electrons. The number of hydrogen-bond acceptors (Lipinski definition) is 8. The fraction of sp³-hybridized carbons (Fsp3) is 0.333. The summed E-state index contributed by atoms with van der Waals surface area (Å²) >= 11 is 0. The fourth-order valence-electron chi connectivity index (χ4n) is 7.85. The van der Waals surface area contributed by atoms with Crippen LogP contribution in [0.15, 0.2) is 132 Å². The summed E-state index contributed by atoms with van der Waals surface area (Å²) in [5.41, 5.74) is 4.94. The molecule has 58 heavy (non-hydrogen) atoms. The van der Waals surface area contributed by atoms with E-state index in [1.807, 2.05) is 117 Å². The maximum absolute atomic E-state index is 13.8. The molecule has 1 atom stereocenters. The number of benzene rings is 3. The number of hydrogen-bond donors (Lipinski definition) is 2. The van der Waals surface area contributed by atoms with Gasteiger partial charge in [-0.25, -0.2) is 9.97 Å². The van der Waals surface area contributed by atoms with Gasteiger partial charge in [0, 0.05) is 19.2 Å². The van der Waals surface area contributed by atoms with Crippen molar-refractivity contribution >= 4 is 22.9 Å². The Morgan fingerprint density at radius 1 is 0.914 bits per heavy atom. The van der Waals surface area contributed by atoms with Gasteiger partial charge in [-0.2, -0.15) is 0 Å². The monoisotopic (exact) mass is 779 g/mol. The number of rotatable bonds is 16. The van der Waals surface area contributed by atoms with Crippen molar-refractivity contribution in [3.8, 4) is 0 Å². The number of furan rings is 1. The predicted molar refractivity (Wildman–Crippen MR) is 225 cm³/mol. The number of allylic oxidation sites excluding steroid dienone is 1. The molecule has 6 aromatic rings. The van der Waals surface area contributed by atoms with Crippen LogP contribution in [0, 0.1) is 0 Å². The molecule has 0 spiro atoms. The van der Waals surface area contributed by atoms with Gasteiger partial charge in [-0.15, -0.1) is 0 Å². The third-order valence-corrected chi connectivity index (χ3v) is 11.2. The number of esters is 1. The molecule has 1 saturated heterocycles. The maximum Gasteiger partial charge on any atom is 0.313 e. The molecule has 3 aromatic heterocycles. The van der Waals surface area contributed by atoms with Crippen molar-refractivity contribution < 1.29 is 23.8 Å². The van der Waals surface area contributed by atoms with E-state index in [1.54, 1.807) is 13.1 Å². The topological polar surface area (TPSA) is 123 Å². The Balaban J connectivity index is 0.974. The van der Waals surface area contributed by atoms with Crippen LogP contribution in [0.3, 0.4) is 0 Å². The summed E-state index contributed by atoms with van der Waals surface area (Å²) in [5.74, 6) is 1.68. The Bertz CT molecular complexity index is 2250. The number of nitrogens with zero attached hydrogens (tertiary/aromatic N) is 4. The Labute approximate surface area is 340 Å². The van der Waals surface area contributed by atoms with Crippen LogP contribution >= 0.6 is 0 Å². The highest BCUT2D eigenvalue weighted by Crippen LogP contribution is 2.36. The second kappa shape index (κ2) is 18.6. The summed E-state index contributed by atoms with van der Waals surface area (Å²) < 4.78 is 13.5. The van der Waals surface area contributed by atoms with E-state index in [-0.39, 0.29) is 42.9 Å². The van der Waals surface area contributed by atoms with Gasteiger partial charge in [0.25, 0.3) is 0 Å². The van der Waals surface area contributed by atoms with Crippen LogP contribution in [0.1, 0.15) is 91.2 Å². The number of aliphatic hydroxyl groups excluding tert-OH is 1. The molecule has 2 N–H and O–H groups in total. The van der Waals surface area contributed by atoms with E-state index in [9.17, 15) is 14.7 Å². The average Bonchev–Trinajstić information content (AvgIpc) is 3.89. The van der Waals surface area contributed by atoms with Gasteiger partial charge >= 0.3 is 5.97 Å². The van der Waals surface area contributed by atoms with Gasteiger partial charge in [0.05, 0.1) is 42.5 Å². The minimum absolute atomic E-state index is 0.0115. The molecular formula is C48H53N5O5. The third-order valence-electron chi connectivity index (χ3n) is 11.2. The smallest absolute Gasteiger partial charge is 0.313 e. The maximum atomic E-state index is 13.8. The van der Waals surface area contributed by atoms with Gasteiger partial charge in [-0.1, -0.05) is 103 Å². The van der Waals surface area contributed by atoms with Gasteiger partial charge in [0.15, 0.2) is 0 Å². The lowest BCUT2D eigenvalue weighted by Gasteiger charge is -2.31. The summed E-state index contributed by atoms with van der Waals surface area (Å²) in [5, 5.41) is 13.8. The number of aromatic nitrogens is 3. The molecule has 1 aliphatic rings. The van der Waals surface area contributed by atoms with Crippen molar-refractivity contribution in [3.05, 3.63) is 167 Å². The molecular weight excluding hydrogens is 727 g/mol. The highest BCUT2D eigenvalue weighted by molar-refractivity contribution is 5.87. The molecule has 1 aliphatic heterocycles. The lowest BCUT2D eigenvalue weighted by atomic mass is 9.88. The standard InChI is InChI=1S/C48H53N5O5/c1-4-57-44(55)30-43-49-31-40-46(50-43)39(32-53(40)41(33-54)35-16-8-5-9-17-35)34-25-28-52(29-26-34)27-15-14-22-38-23-24-42(58-38)48(2,3)47(56)51-45(36-18-10-6-11-19-36)37-20-12-7-13-21-37/h5-21,23-24,31-32,34,41,45,54H,4,22,25-30,33H2,1-3H3,(H,51,56). The Morgan fingerprint density at radius 3 is 2.17 bits per heavy atom. The number of nitrogens with one attached hydrogen (secondary N) is 1. The molecule has 0 aliphatic carbocycles. The van der Waals surface area contributed by atoms with Crippen molar-refractivity contribution in [3.63, 3.8) is 0 Å². The number of ether oxygens (including phenoxy) is 1. The first-order valence-electron chi connectivity index (χ1n) is 20.3. The molecule has 10 heteroatoms. The molecule has 1 unspecified atom stereocenters. The first kappa shape index (κ1) is 40.4. The molecule has 1 amide bonds. The van der Waals surface area contributed by atoms with E-state index >= 15 is 0 Å². The van der Waals surface area contributed by atoms with Crippen LogP contribution in [-0.4, -0.2) is 69.3 Å². The Kier molecular flexibility index (Phi) is 13.0. The van der Waals surface area contributed by atoms with Crippen molar-refractivity contribution in [2.75, 3.05) is 32.8 Å². The van der Waals surface area contributed by atoms with Crippen LogP contribution in [0.5, 0.6) is 0 Å². The quantitative estimate of drug-likeness (QED) is 0.0752. The van der Waals surface area contributed by atoms with E-state index < -0.39 is 5.41 Å². The van der Waals surface area contributed by atoms with Crippen molar-refractivity contribution in [2.45, 2.75) is 69.9 Å². The number of fused-ring (bicyclic) bond motifs is 1. The van der Waals surface area contributed by atoms with E-state index in [2.05, 4.69) is 38.1 Å². The van der Waals surface area contributed by atoms with Crippen LogP contribution in [0.2, 0.25) is 0 Å². The van der Waals surface area contributed by atoms with E-state index in [4.69, 9.17) is 14.1 Å². The number of carbonyl (C=O) groups is 2. The third kappa shape index (κ3) is 9.30. The number of likely N-dealkylation sites (tertiary alicyclic amines) is 1. The van der Waals surface area contributed by atoms with Gasteiger partial charge in [0.2, 0.25) is 5.91 Å². The second-order valence-corrected chi connectivity index (χ2v) is 15.5. The van der Waals surface area contributed by atoms with Crippen LogP contribution in [0.25, 0.3) is 11.0 Å². The minimum atomic E-state index is -0.879. The summed E-state index contributed by atoms with van der Waals surface area (Å²) in [6.07, 6.45) is 10.8. The van der Waals surface area contributed by atoms with Crippen molar-refractivity contribution in [1.82, 2.24) is 24.8 Å². The summed E-state index contributed by atoms with van der Waals surface area (Å²) in [7, 11) is 0. The van der Waals surface area contributed by atoms with Crippen LogP contribution < -0.4 is 5.32 Å². The largest absolute Gasteiger partial charge is 0.466 e. The number of aliphatic hydroxyl groups is 1. The SMILES string of the molecule is CCOC(=O)Cc1ncc2c(n1)c(C1CCN(CC=CCc3ccc(C(C)(C)C(=O)NC(c4ccccc4)c4ccccc4)o3)CC1)cn2C(CO)c1ccccc1. The molecule has 0 bridgehead atoms. The Hall–Kier alpha value is -5.84. The average molecular weight is 780 g/mol. The molecule has 300 valence electrons. The molecule has 4 heterocycles. The number of amides is 1. The second-order valence-electron chi connectivity index (χ2n) is 15.5. The van der Waals surface area contributed by atoms with E-state index in [0.29, 0.717) is 24.6 Å². The fourth-order valence-corrected chi connectivity index (χ4v) is 7.85. The minimum Gasteiger partial charge on any atom is -0.466 e. The lowest BCUT2D eigenvalue weighted by Crippen LogP contribution is -2.42. The zero-order valence-corrected chi connectivity index (χ0v) is 33.6. The van der Waals surface area contributed by atoms with E-state index in [1.165, 1.54) is 0 Å². The van der Waals surface area contributed by atoms with Crippen LogP contribution in [0.4, 0.5) is 0 Å². The summed E-state index contributed by atoms with van der Waals surface area (Å²) in [6.45, 7) is 8.49. The highest BCUT2D eigenvalue weighted by atomic mass is 16.5. The highest BCUT2D eigenvalue weighted by Gasteiger charge is 2.35. The zero-order chi connectivity index (χ0) is 40.5. The number of piperidine rings is 1. The molecule has 1 fully saturated rings.